The van der Waals surface area contributed by atoms with Crippen molar-refractivity contribution in [3.05, 3.63) is 18.1 Å². The van der Waals surface area contributed by atoms with Gasteiger partial charge >= 0.3 is 0 Å². The molecule has 4 nitrogen and oxygen atoms in total. The van der Waals surface area contributed by atoms with Gasteiger partial charge in [0.15, 0.2) is 0 Å². The summed E-state index contributed by atoms with van der Waals surface area (Å²) in [7, 11) is 4.07. The van der Waals surface area contributed by atoms with E-state index in [1.807, 2.05) is 14.1 Å². The highest BCUT2D eigenvalue weighted by Gasteiger charge is 1.97. The third-order valence-electron chi connectivity index (χ3n) is 1.82. The zero-order valence-electron chi connectivity index (χ0n) is 9.11. The molecular formula is C10H16ClN3O. The molecule has 0 aromatic carbocycles. The fourth-order valence-electron chi connectivity index (χ4n) is 1.04. The monoisotopic (exact) mass is 229 g/mol. The van der Waals surface area contributed by atoms with Gasteiger partial charge in [-0.05, 0) is 20.5 Å². The molecule has 0 fully saturated rings. The molecule has 0 atom stereocenters. The Bertz CT molecular complexity index is 277. The molecule has 0 spiro atoms. The van der Waals surface area contributed by atoms with Gasteiger partial charge in [-0.15, -0.1) is 11.6 Å². The molecule has 0 bridgehead atoms. The van der Waals surface area contributed by atoms with Crippen molar-refractivity contribution in [2.75, 3.05) is 27.2 Å². The van der Waals surface area contributed by atoms with Crippen LogP contribution in [0.4, 0.5) is 0 Å². The lowest BCUT2D eigenvalue weighted by molar-refractivity contribution is 0.272. The van der Waals surface area contributed by atoms with Crippen molar-refractivity contribution in [1.82, 2.24) is 14.9 Å². The second-order valence-electron chi connectivity index (χ2n) is 3.48. The summed E-state index contributed by atoms with van der Waals surface area (Å²) < 4.78 is 5.41. The number of nitrogens with zero attached hydrogens (tertiary/aromatic N) is 3. The highest BCUT2D eigenvalue weighted by molar-refractivity contribution is 6.16. The van der Waals surface area contributed by atoms with E-state index in [4.69, 9.17) is 16.3 Å². The molecule has 1 aromatic rings. The average molecular weight is 230 g/mol. The number of halogens is 1. The van der Waals surface area contributed by atoms with Gasteiger partial charge in [0.25, 0.3) is 0 Å². The standard InChI is InChI=1S/C10H16ClN3O/c1-14(2)4-3-5-15-10-8-12-9(6-11)7-13-10/h7-8H,3-6H2,1-2H3. The lowest BCUT2D eigenvalue weighted by Crippen LogP contribution is -2.15. The van der Waals surface area contributed by atoms with Crippen molar-refractivity contribution in [2.45, 2.75) is 12.3 Å². The molecule has 0 saturated heterocycles. The van der Waals surface area contributed by atoms with E-state index in [-0.39, 0.29) is 0 Å². The molecule has 1 rings (SSSR count). The first kappa shape index (κ1) is 12.2. The quantitative estimate of drug-likeness (QED) is 0.548. The van der Waals surface area contributed by atoms with E-state index in [1.165, 1.54) is 0 Å². The highest BCUT2D eigenvalue weighted by atomic mass is 35.5. The molecule has 0 aliphatic heterocycles. The topological polar surface area (TPSA) is 38.2 Å². The highest BCUT2D eigenvalue weighted by Crippen LogP contribution is 2.05. The van der Waals surface area contributed by atoms with Crippen LogP contribution in [0.25, 0.3) is 0 Å². The van der Waals surface area contributed by atoms with Crippen LogP contribution in [0, 0.1) is 0 Å². The van der Waals surface area contributed by atoms with Gasteiger partial charge in [0.05, 0.1) is 30.6 Å². The second-order valence-corrected chi connectivity index (χ2v) is 3.75. The third-order valence-corrected chi connectivity index (χ3v) is 2.09. The zero-order chi connectivity index (χ0) is 11.1. The van der Waals surface area contributed by atoms with Crippen LogP contribution in [0.15, 0.2) is 12.4 Å². The van der Waals surface area contributed by atoms with Crippen molar-refractivity contribution < 1.29 is 4.74 Å². The molecule has 0 amide bonds. The van der Waals surface area contributed by atoms with Crippen molar-refractivity contribution >= 4 is 11.6 Å². The lowest BCUT2D eigenvalue weighted by atomic mass is 10.4. The summed E-state index contributed by atoms with van der Waals surface area (Å²) in [5.74, 6) is 0.941. The number of ether oxygens (including phenoxy) is 1. The Kier molecular flexibility index (Phi) is 5.36. The smallest absolute Gasteiger partial charge is 0.232 e. The van der Waals surface area contributed by atoms with Gasteiger partial charge in [0.1, 0.15) is 0 Å². The average Bonchev–Trinajstić information content (AvgIpc) is 2.25. The maximum Gasteiger partial charge on any atom is 0.232 e. The number of aromatic nitrogens is 2. The molecule has 1 aromatic heterocycles. The predicted octanol–water partition coefficient (Wildman–Crippen LogP) is 1.55. The first-order valence-electron chi connectivity index (χ1n) is 4.87. The predicted molar refractivity (Wildman–Crippen MR) is 60.3 cm³/mol. The molecule has 5 heteroatoms. The van der Waals surface area contributed by atoms with Gasteiger partial charge in [-0.1, -0.05) is 0 Å². The summed E-state index contributed by atoms with van der Waals surface area (Å²) in [6.45, 7) is 1.67. The summed E-state index contributed by atoms with van der Waals surface area (Å²) in [5.41, 5.74) is 0.761. The van der Waals surface area contributed by atoms with Crippen molar-refractivity contribution in [3.8, 4) is 5.88 Å². The molecule has 0 aliphatic carbocycles. The van der Waals surface area contributed by atoms with Crippen molar-refractivity contribution in [3.63, 3.8) is 0 Å². The van der Waals surface area contributed by atoms with Crippen LogP contribution in [-0.2, 0) is 5.88 Å². The van der Waals surface area contributed by atoms with Crippen molar-refractivity contribution in [2.24, 2.45) is 0 Å². The van der Waals surface area contributed by atoms with E-state index >= 15 is 0 Å². The molecule has 0 saturated carbocycles. The van der Waals surface area contributed by atoms with E-state index in [1.54, 1.807) is 12.4 Å². The summed E-state index contributed by atoms with van der Waals surface area (Å²) in [6.07, 6.45) is 4.22. The number of alkyl halides is 1. The van der Waals surface area contributed by atoms with Crippen LogP contribution in [0.3, 0.4) is 0 Å². The minimum absolute atomic E-state index is 0.383. The maximum absolute atomic E-state index is 5.59. The van der Waals surface area contributed by atoms with Crippen LogP contribution < -0.4 is 4.74 Å². The first-order valence-corrected chi connectivity index (χ1v) is 5.40. The molecule has 15 heavy (non-hydrogen) atoms. The van der Waals surface area contributed by atoms with E-state index < -0.39 is 0 Å². The van der Waals surface area contributed by atoms with Gasteiger partial charge in [-0.3, -0.25) is 4.98 Å². The zero-order valence-corrected chi connectivity index (χ0v) is 9.87. The minimum Gasteiger partial charge on any atom is -0.477 e. The van der Waals surface area contributed by atoms with E-state index in [0.717, 1.165) is 18.7 Å². The van der Waals surface area contributed by atoms with E-state index in [0.29, 0.717) is 18.4 Å². The van der Waals surface area contributed by atoms with Crippen LogP contribution >= 0.6 is 11.6 Å². The molecule has 1 heterocycles. The Morgan fingerprint density at radius 2 is 2.13 bits per heavy atom. The molecule has 0 unspecified atom stereocenters. The number of rotatable bonds is 6. The molecular weight excluding hydrogens is 214 g/mol. The number of hydrogen-bond acceptors (Lipinski definition) is 4. The van der Waals surface area contributed by atoms with Crippen LogP contribution in [0.5, 0.6) is 5.88 Å². The van der Waals surface area contributed by atoms with E-state index in [2.05, 4.69) is 14.9 Å². The van der Waals surface area contributed by atoms with Crippen LogP contribution in [-0.4, -0.2) is 42.1 Å². The van der Waals surface area contributed by atoms with Gasteiger partial charge in [-0.25, -0.2) is 4.98 Å². The van der Waals surface area contributed by atoms with Gasteiger partial charge in [-0.2, -0.15) is 0 Å². The van der Waals surface area contributed by atoms with Gasteiger partial charge in [0, 0.05) is 6.54 Å². The van der Waals surface area contributed by atoms with E-state index in [9.17, 15) is 0 Å². The van der Waals surface area contributed by atoms with Crippen LogP contribution in [0.2, 0.25) is 0 Å². The fourth-order valence-corrected chi connectivity index (χ4v) is 1.18. The fraction of sp³-hybridized carbons (Fsp3) is 0.600. The molecule has 0 N–H and O–H groups in total. The summed E-state index contributed by atoms with van der Waals surface area (Å²) in [5, 5.41) is 0. The largest absolute Gasteiger partial charge is 0.477 e. The Labute approximate surface area is 95.2 Å². The Hall–Kier alpha value is -0.870. The molecule has 0 aliphatic rings. The summed E-state index contributed by atoms with van der Waals surface area (Å²) >= 11 is 5.59. The molecule has 84 valence electrons. The van der Waals surface area contributed by atoms with Gasteiger partial charge in [0.2, 0.25) is 5.88 Å². The number of hydrogen-bond donors (Lipinski definition) is 0. The van der Waals surface area contributed by atoms with Crippen molar-refractivity contribution in [1.29, 1.82) is 0 Å². The minimum atomic E-state index is 0.383. The normalized spacial score (nSPS) is 10.7. The summed E-state index contributed by atoms with van der Waals surface area (Å²) in [6, 6.07) is 0. The maximum atomic E-state index is 5.59. The third kappa shape index (κ3) is 4.95. The second kappa shape index (κ2) is 6.58. The van der Waals surface area contributed by atoms with Gasteiger partial charge < -0.3 is 9.64 Å². The Morgan fingerprint density at radius 1 is 1.33 bits per heavy atom. The first-order chi connectivity index (χ1) is 7.22. The van der Waals surface area contributed by atoms with Crippen LogP contribution in [0.1, 0.15) is 12.1 Å². The lowest BCUT2D eigenvalue weighted by Gasteiger charge is -2.09. The Morgan fingerprint density at radius 3 is 2.67 bits per heavy atom. The summed E-state index contributed by atoms with van der Waals surface area (Å²) in [4.78, 5) is 10.3. The Balaban J connectivity index is 2.25. The SMILES string of the molecule is CN(C)CCCOc1cnc(CCl)cn1. The molecule has 0 radical (unpaired) electrons.